The van der Waals surface area contributed by atoms with E-state index >= 15 is 0 Å². The molecule has 0 aliphatic carbocycles. The Morgan fingerprint density at radius 2 is 2.22 bits per heavy atom. The lowest BCUT2D eigenvalue weighted by molar-refractivity contribution is 0.0601. The fourth-order valence-electron chi connectivity index (χ4n) is 2.59. The van der Waals surface area contributed by atoms with Gasteiger partial charge in [-0.05, 0) is 37.0 Å². The van der Waals surface area contributed by atoms with Crippen molar-refractivity contribution in [1.82, 2.24) is 9.78 Å². The van der Waals surface area contributed by atoms with E-state index in [-0.39, 0.29) is 16.5 Å². The number of aromatic nitrogens is 2. The van der Waals surface area contributed by atoms with E-state index in [0.29, 0.717) is 11.6 Å². The quantitative estimate of drug-likeness (QED) is 0.930. The molecule has 0 spiro atoms. The van der Waals surface area contributed by atoms with Crippen LogP contribution in [0.5, 0.6) is 0 Å². The van der Waals surface area contributed by atoms with Crippen molar-refractivity contribution in [3.05, 3.63) is 47.0 Å². The Kier molecular flexibility index (Phi) is 4.93. The minimum Gasteiger partial charge on any atom is -0.381 e. The second-order valence-corrected chi connectivity index (χ2v) is 5.99. The zero-order valence-corrected chi connectivity index (χ0v) is 13.2. The van der Waals surface area contributed by atoms with E-state index in [4.69, 9.17) is 16.3 Å². The Hall–Kier alpha value is -1.92. The lowest BCUT2D eigenvalue weighted by Gasteiger charge is -2.21. The van der Waals surface area contributed by atoms with Crippen molar-refractivity contribution in [3.63, 3.8) is 0 Å². The summed E-state index contributed by atoms with van der Waals surface area (Å²) in [7, 11) is 0. The highest BCUT2D eigenvalue weighted by Crippen LogP contribution is 2.20. The van der Waals surface area contributed by atoms with Gasteiger partial charge in [0.2, 0.25) is 0 Å². The van der Waals surface area contributed by atoms with Gasteiger partial charge in [0.15, 0.2) is 0 Å². The van der Waals surface area contributed by atoms with E-state index in [1.807, 2.05) is 4.68 Å². The molecule has 0 unspecified atom stereocenters. The Balaban J connectivity index is 1.62. The third-order valence-corrected chi connectivity index (χ3v) is 4.17. The van der Waals surface area contributed by atoms with Crippen LogP contribution in [0.1, 0.15) is 23.2 Å². The lowest BCUT2D eigenvalue weighted by atomic mass is 10.0. The summed E-state index contributed by atoms with van der Waals surface area (Å²) >= 11 is 5.89. The molecule has 1 aliphatic heterocycles. The maximum Gasteiger partial charge on any atom is 0.257 e. The van der Waals surface area contributed by atoms with Gasteiger partial charge in [0.05, 0.1) is 22.5 Å². The average Bonchev–Trinajstić information content (AvgIpc) is 2.95. The van der Waals surface area contributed by atoms with Crippen molar-refractivity contribution in [2.24, 2.45) is 5.92 Å². The highest BCUT2D eigenvalue weighted by atomic mass is 35.5. The number of hydrogen-bond acceptors (Lipinski definition) is 3. The monoisotopic (exact) mass is 337 g/mol. The molecule has 2 aromatic rings. The molecule has 1 saturated heterocycles. The van der Waals surface area contributed by atoms with Crippen LogP contribution in [0.4, 0.5) is 10.1 Å². The minimum absolute atomic E-state index is 0.0806. The second-order valence-electron chi connectivity index (χ2n) is 5.59. The first-order chi connectivity index (χ1) is 11.1. The smallest absolute Gasteiger partial charge is 0.257 e. The third-order valence-electron chi connectivity index (χ3n) is 3.85. The van der Waals surface area contributed by atoms with Crippen molar-refractivity contribution < 1.29 is 13.9 Å². The first-order valence-electron chi connectivity index (χ1n) is 7.48. The maximum absolute atomic E-state index is 13.0. The highest BCUT2D eigenvalue weighted by Gasteiger charge is 2.16. The van der Waals surface area contributed by atoms with Gasteiger partial charge in [-0.2, -0.15) is 5.10 Å². The number of nitrogens with one attached hydrogen (secondary N) is 1. The molecular formula is C16H17ClFN3O2. The van der Waals surface area contributed by atoms with Crippen LogP contribution in [-0.4, -0.2) is 28.9 Å². The molecule has 3 rings (SSSR count). The molecule has 1 N–H and O–H groups in total. The van der Waals surface area contributed by atoms with Gasteiger partial charge in [0.25, 0.3) is 5.91 Å². The van der Waals surface area contributed by atoms with E-state index < -0.39 is 5.82 Å². The number of halogens is 2. The van der Waals surface area contributed by atoms with Gasteiger partial charge in [0, 0.05) is 26.0 Å². The van der Waals surface area contributed by atoms with Crippen LogP contribution >= 0.6 is 11.6 Å². The number of carbonyl (C=O) groups excluding carboxylic acids is 1. The predicted molar refractivity (Wildman–Crippen MR) is 85.1 cm³/mol. The molecule has 122 valence electrons. The fourth-order valence-corrected chi connectivity index (χ4v) is 2.85. The molecule has 5 nitrogen and oxygen atoms in total. The van der Waals surface area contributed by atoms with Gasteiger partial charge >= 0.3 is 0 Å². The number of carbonyl (C=O) groups is 1. The number of rotatable bonds is 4. The normalized spacial score (nSPS) is 15.6. The Bertz CT molecular complexity index is 698. The summed E-state index contributed by atoms with van der Waals surface area (Å²) in [5.41, 5.74) is 0.813. The number of anilines is 1. The molecule has 23 heavy (non-hydrogen) atoms. The predicted octanol–water partition coefficient (Wildman–Crippen LogP) is 3.35. The summed E-state index contributed by atoms with van der Waals surface area (Å²) < 4.78 is 20.2. The number of benzene rings is 1. The summed E-state index contributed by atoms with van der Waals surface area (Å²) in [5, 5.41) is 7.06. The van der Waals surface area contributed by atoms with Crippen LogP contribution < -0.4 is 5.32 Å². The van der Waals surface area contributed by atoms with Crippen LogP contribution in [0.25, 0.3) is 0 Å². The first-order valence-corrected chi connectivity index (χ1v) is 7.86. The van der Waals surface area contributed by atoms with Crippen LogP contribution in [0, 0.1) is 11.7 Å². The minimum atomic E-state index is -0.476. The molecule has 0 atom stereocenters. The first kappa shape index (κ1) is 16.0. The Labute approximate surface area is 138 Å². The topological polar surface area (TPSA) is 56.2 Å². The molecule has 1 amide bonds. The van der Waals surface area contributed by atoms with Crippen LogP contribution in [0.3, 0.4) is 0 Å². The Morgan fingerprint density at radius 3 is 2.96 bits per heavy atom. The summed E-state index contributed by atoms with van der Waals surface area (Å²) in [5.74, 6) is -0.324. The average molecular weight is 338 g/mol. The summed E-state index contributed by atoms with van der Waals surface area (Å²) in [4.78, 5) is 12.2. The number of amides is 1. The van der Waals surface area contributed by atoms with Crippen LogP contribution in [-0.2, 0) is 11.3 Å². The SMILES string of the molecule is O=C(Nc1cnn(CC2CCOCC2)c1)c1ccc(F)cc1Cl. The summed E-state index contributed by atoms with van der Waals surface area (Å²) in [6.07, 6.45) is 5.42. The number of hydrogen-bond donors (Lipinski definition) is 1. The van der Waals surface area contributed by atoms with Gasteiger partial charge in [0.1, 0.15) is 5.82 Å². The zero-order valence-electron chi connectivity index (χ0n) is 12.5. The largest absolute Gasteiger partial charge is 0.381 e. The van der Waals surface area contributed by atoms with Gasteiger partial charge in [-0.3, -0.25) is 9.48 Å². The molecule has 1 aromatic heterocycles. The van der Waals surface area contributed by atoms with Gasteiger partial charge in [-0.1, -0.05) is 11.6 Å². The van der Waals surface area contributed by atoms with E-state index in [1.165, 1.54) is 12.1 Å². The number of nitrogens with zero attached hydrogens (tertiary/aromatic N) is 2. The molecule has 0 bridgehead atoms. The molecule has 1 aromatic carbocycles. The molecule has 2 heterocycles. The van der Waals surface area contributed by atoms with Gasteiger partial charge in [-0.25, -0.2) is 4.39 Å². The highest BCUT2D eigenvalue weighted by molar-refractivity contribution is 6.34. The molecular weight excluding hydrogens is 321 g/mol. The van der Waals surface area contributed by atoms with Crippen molar-refractivity contribution in [2.45, 2.75) is 19.4 Å². The van der Waals surface area contributed by atoms with Crippen molar-refractivity contribution >= 4 is 23.2 Å². The van der Waals surface area contributed by atoms with Crippen molar-refractivity contribution in [3.8, 4) is 0 Å². The van der Waals surface area contributed by atoms with Crippen molar-refractivity contribution in [2.75, 3.05) is 18.5 Å². The zero-order chi connectivity index (χ0) is 16.2. The third kappa shape index (κ3) is 4.09. The van der Waals surface area contributed by atoms with E-state index in [2.05, 4.69) is 10.4 Å². The fraction of sp³-hybridized carbons (Fsp3) is 0.375. The molecule has 7 heteroatoms. The molecule has 0 radical (unpaired) electrons. The summed E-state index contributed by atoms with van der Waals surface area (Å²) in [6.45, 7) is 2.38. The summed E-state index contributed by atoms with van der Waals surface area (Å²) in [6, 6.07) is 3.68. The van der Waals surface area contributed by atoms with Crippen molar-refractivity contribution in [1.29, 1.82) is 0 Å². The van der Waals surface area contributed by atoms with E-state index in [1.54, 1.807) is 12.4 Å². The molecule has 0 saturated carbocycles. The van der Waals surface area contributed by atoms with Gasteiger partial charge in [-0.15, -0.1) is 0 Å². The molecule has 1 aliphatic rings. The van der Waals surface area contributed by atoms with E-state index in [0.717, 1.165) is 38.7 Å². The van der Waals surface area contributed by atoms with Gasteiger partial charge < -0.3 is 10.1 Å². The Morgan fingerprint density at radius 1 is 1.43 bits per heavy atom. The maximum atomic E-state index is 13.0. The molecule has 1 fully saturated rings. The lowest BCUT2D eigenvalue weighted by Crippen LogP contribution is -2.20. The standard InChI is InChI=1S/C16H17ClFN3O2/c17-15-7-12(18)1-2-14(15)16(22)20-13-8-19-21(10-13)9-11-3-5-23-6-4-11/h1-2,7-8,10-11H,3-6,9H2,(H,20,22). The van der Waals surface area contributed by atoms with Crippen LogP contribution in [0.2, 0.25) is 5.02 Å². The van der Waals surface area contributed by atoms with Crippen LogP contribution in [0.15, 0.2) is 30.6 Å². The van der Waals surface area contributed by atoms with E-state index in [9.17, 15) is 9.18 Å². The number of ether oxygens (including phenoxy) is 1. The second kappa shape index (κ2) is 7.10.